The van der Waals surface area contributed by atoms with Gasteiger partial charge in [-0.3, -0.25) is 4.79 Å². The standard InChI is InChI=1S/C20H17IN2O4/c1-2-13-3-6-16(7-4-13)23-20(26)15(11-22)9-14-5-8-18(17(21)10-14)27-12-19(24)25/h3-10H,2,12H2,1H3,(H,23,26)(H,24,25)/b15-9+. The number of benzene rings is 2. The fourth-order valence-corrected chi connectivity index (χ4v) is 2.90. The molecule has 2 rings (SSSR count). The number of carboxylic acids is 1. The second-order valence-electron chi connectivity index (χ2n) is 5.55. The number of halogens is 1. The number of aliphatic carboxylic acids is 1. The number of anilines is 1. The van der Waals surface area contributed by atoms with Crippen LogP contribution in [-0.4, -0.2) is 23.6 Å². The number of ether oxygens (including phenoxy) is 1. The monoisotopic (exact) mass is 476 g/mol. The number of nitrogens with one attached hydrogen (secondary N) is 1. The predicted octanol–water partition coefficient (Wildman–Crippen LogP) is 3.86. The zero-order valence-corrected chi connectivity index (χ0v) is 16.7. The van der Waals surface area contributed by atoms with Crippen LogP contribution in [0.4, 0.5) is 5.69 Å². The van der Waals surface area contributed by atoms with E-state index in [2.05, 4.69) is 5.32 Å². The summed E-state index contributed by atoms with van der Waals surface area (Å²) in [5.74, 6) is -1.14. The van der Waals surface area contributed by atoms with E-state index in [9.17, 15) is 14.9 Å². The number of hydrogen-bond donors (Lipinski definition) is 2. The van der Waals surface area contributed by atoms with Crippen molar-refractivity contribution in [3.63, 3.8) is 0 Å². The van der Waals surface area contributed by atoms with Gasteiger partial charge in [0.15, 0.2) is 6.61 Å². The van der Waals surface area contributed by atoms with Gasteiger partial charge in [-0.25, -0.2) is 4.79 Å². The highest BCUT2D eigenvalue weighted by molar-refractivity contribution is 14.1. The molecule has 138 valence electrons. The molecule has 0 aliphatic carbocycles. The Labute approximate surface area is 170 Å². The first-order valence-corrected chi connectivity index (χ1v) is 9.17. The third-order valence-corrected chi connectivity index (χ3v) is 4.45. The number of hydrogen-bond acceptors (Lipinski definition) is 4. The number of carboxylic acid groups (broad SMARTS) is 1. The number of aryl methyl sites for hydroxylation is 1. The lowest BCUT2D eigenvalue weighted by molar-refractivity contribution is -0.139. The average molecular weight is 476 g/mol. The molecule has 0 aliphatic rings. The van der Waals surface area contributed by atoms with Gasteiger partial charge in [0.05, 0.1) is 3.57 Å². The van der Waals surface area contributed by atoms with Crippen LogP contribution >= 0.6 is 22.6 Å². The summed E-state index contributed by atoms with van der Waals surface area (Å²) in [5.41, 5.74) is 2.37. The van der Waals surface area contributed by atoms with Crippen molar-refractivity contribution in [3.05, 3.63) is 62.7 Å². The van der Waals surface area contributed by atoms with Crippen molar-refractivity contribution in [1.29, 1.82) is 5.26 Å². The van der Waals surface area contributed by atoms with Gasteiger partial charge in [-0.2, -0.15) is 5.26 Å². The Morgan fingerprint density at radius 1 is 1.26 bits per heavy atom. The molecule has 0 fully saturated rings. The Hall–Kier alpha value is -2.86. The van der Waals surface area contributed by atoms with Gasteiger partial charge < -0.3 is 15.2 Å². The summed E-state index contributed by atoms with van der Waals surface area (Å²) in [6.45, 7) is 1.61. The van der Waals surface area contributed by atoms with Crippen molar-refractivity contribution in [2.45, 2.75) is 13.3 Å². The first kappa shape index (κ1) is 20.5. The molecule has 27 heavy (non-hydrogen) atoms. The van der Waals surface area contributed by atoms with Crippen LogP contribution in [0.5, 0.6) is 5.75 Å². The summed E-state index contributed by atoms with van der Waals surface area (Å²) < 4.78 is 5.83. The van der Waals surface area contributed by atoms with E-state index in [1.165, 1.54) is 6.08 Å². The molecule has 0 aliphatic heterocycles. The molecule has 0 bridgehead atoms. The largest absolute Gasteiger partial charge is 0.481 e. The second kappa shape index (κ2) is 9.73. The minimum Gasteiger partial charge on any atom is -0.481 e. The van der Waals surface area contributed by atoms with E-state index >= 15 is 0 Å². The van der Waals surface area contributed by atoms with E-state index < -0.39 is 18.5 Å². The van der Waals surface area contributed by atoms with Gasteiger partial charge >= 0.3 is 5.97 Å². The van der Waals surface area contributed by atoms with Gasteiger partial charge in [-0.15, -0.1) is 0 Å². The molecule has 0 unspecified atom stereocenters. The summed E-state index contributed by atoms with van der Waals surface area (Å²) >= 11 is 2.00. The Morgan fingerprint density at radius 3 is 2.52 bits per heavy atom. The first-order valence-electron chi connectivity index (χ1n) is 8.09. The lowest BCUT2D eigenvalue weighted by Gasteiger charge is -2.07. The van der Waals surface area contributed by atoms with Gasteiger partial charge in [0.25, 0.3) is 5.91 Å². The van der Waals surface area contributed by atoms with Crippen LogP contribution in [-0.2, 0) is 16.0 Å². The highest BCUT2D eigenvalue weighted by Crippen LogP contribution is 2.23. The molecule has 0 spiro atoms. The van der Waals surface area contributed by atoms with E-state index in [-0.39, 0.29) is 5.57 Å². The minimum absolute atomic E-state index is 0.0374. The van der Waals surface area contributed by atoms with Crippen LogP contribution < -0.4 is 10.1 Å². The minimum atomic E-state index is -1.06. The normalized spacial score (nSPS) is 10.8. The molecule has 7 heteroatoms. The van der Waals surface area contributed by atoms with E-state index in [0.29, 0.717) is 20.6 Å². The van der Waals surface area contributed by atoms with Crippen molar-refractivity contribution in [1.82, 2.24) is 0 Å². The van der Waals surface area contributed by atoms with Crippen molar-refractivity contribution < 1.29 is 19.4 Å². The maximum absolute atomic E-state index is 12.3. The second-order valence-corrected chi connectivity index (χ2v) is 6.71. The van der Waals surface area contributed by atoms with Crippen LogP contribution in [0.1, 0.15) is 18.1 Å². The highest BCUT2D eigenvalue weighted by Gasteiger charge is 2.11. The molecule has 1 amide bonds. The van der Waals surface area contributed by atoms with E-state index in [0.717, 1.165) is 12.0 Å². The van der Waals surface area contributed by atoms with Gasteiger partial charge in [0.2, 0.25) is 0 Å². The molecule has 0 atom stereocenters. The third kappa shape index (κ3) is 6.11. The Kier molecular flexibility index (Phi) is 7.37. The summed E-state index contributed by atoms with van der Waals surface area (Å²) in [6, 6.07) is 14.3. The van der Waals surface area contributed by atoms with Gasteiger partial charge in [0.1, 0.15) is 17.4 Å². The van der Waals surface area contributed by atoms with E-state index in [1.54, 1.807) is 30.3 Å². The van der Waals surface area contributed by atoms with Crippen molar-refractivity contribution in [3.8, 4) is 11.8 Å². The molecule has 0 aromatic heterocycles. The predicted molar refractivity (Wildman–Crippen MR) is 110 cm³/mol. The average Bonchev–Trinajstić information content (AvgIpc) is 2.65. The van der Waals surface area contributed by atoms with Gasteiger partial charge in [0, 0.05) is 5.69 Å². The lowest BCUT2D eigenvalue weighted by atomic mass is 10.1. The van der Waals surface area contributed by atoms with Crippen molar-refractivity contribution in [2.75, 3.05) is 11.9 Å². The number of carbonyl (C=O) groups excluding carboxylic acids is 1. The Bertz CT molecular complexity index is 915. The molecular formula is C20H17IN2O4. The number of nitriles is 1. The molecule has 0 saturated heterocycles. The van der Waals surface area contributed by atoms with E-state index in [1.807, 2.05) is 47.7 Å². The van der Waals surface area contributed by atoms with Crippen LogP contribution in [0.2, 0.25) is 0 Å². The van der Waals surface area contributed by atoms with E-state index in [4.69, 9.17) is 9.84 Å². The number of amides is 1. The smallest absolute Gasteiger partial charge is 0.341 e. The summed E-state index contributed by atoms with van der Waals surface area (Å²) in [7, 11) is 0. The lowest BCUT2D eigenvalue weighted by Crippen LogP contribution is -2.13. The molecule has 6 nitrogen and oxygen atoms in total. The van der Waals surface area contributed by atoms with Crippen molar-refractivity contribution >= 4 is 46.2 Å². The Morgan fingerprint density at radius 2 is 1.96 bits per heavy atom. The Balaban J connectivity index is 2.14. The quantitative estimate of drug-likeness (QED) is 0.359. The number of carbonyl (C=O) groups is 2. The number of rotatable bonds is 7. The highest BCUT2D eigenvalue weighted by atomic mass is 127. The SMILES string of the molecule is CCc1ccc(NC(=O)/C(C#N)=C/c2ccc(OCC(=O)O)c(I)c2)cc1. The molecule has 2 N–H and O–H groups in total. The molecule has 0 saturated carbocycles. The van der Waals surface area contributed by atoms with Gasteiger partial charge in [-0.05, 0) is 70.5 Å². The van der Waals surface area contributed by atoms with Gasteiger partial charge in [-0.1, -0.05) is 25.1 Å². The van der Waals surface area contributed by atoms with Crippen LogP contribution in [0, 0.1) is 14.9 Å². The van der Waals surface area contributed by atoms with Crippen LogP contribution in [0.3, 0.4) is 0 Å². The fourth-order valence-electron chi connectivity index (χ4n) is 2.20. The maximum atomic E-state index is 12.3. The first-order chi connectivity index (χ1) is 12.9. The van der Waals surface area contributed by atoms with Crippen molar-refractivity contribution in [2.24, 2.45) is 0 Å². The molecule has 0 heterocycles. The summed E-state index contributed by atoms with van der Waals surface area (Å²) in [5, 5.41) is 20.7. The third-order valence-electron chi connectivity index (χ3n) is 3.60. The fraction of sp³-hybridized carbons (Fsp3) is 0.150. The summed E-state index contributed by atoms with van der Waals surface area (Å²) in [4.78, 5) is 22.9. The maximum Gasteiger partial charge on any atom is 0.341 e. The zero-order valence-electron chi connectivity index (χ0n) is 14.5. The molecule has 2 aromatic carbocycles. The topological polar surface area (TPSA) is 99.4 Å². The molecule has 2 aromatic rings. The van der Waals surface area contributed by atoms with Crippen LogP contribution in [0.15, 0.2) is 48.0 Å². The number of nitrogens with zero attached hydrogens (tertiary/aromatic N) is 1. The van der Waals surface area contributed by atoms with Crippen LogP contribution in [0.25, 0.3) is 6.08 Å². The molecule has 0 radical (unpaired) electrons. The summed E-state index contributed by atoms with van der Waals surface area (Å²) in [6.07, 6.45) is 2.38. The molecular weight excluding hydrogens is 459 g/mol. The zero-order chi connectivity index (χ0) is 19.8.